The predicted octanol–water partition coefficient (Wildman–Crippen LogP) is 5.49. The van der Waals surface area contributed by atoms with Gasteiger partial charge in [-0.1, -0.05) is 48.0 Å². The van der Waals surface area contributed by atoms with Crippen LogP contribution in [0.1, 0.15) is 49.3 Å². The smallest absolute Gasteiger partial charge is 0.223 e. The molecule has 6 nitrogen and oxygen atoms in total. The number of carbonyl (C=O) groups excluding carboxylic acids is 2. The molecule has 38 heavy (non-hydrogen) atoms. The maximum absolute atomic E-state index is 13.8. The van der Waals surface area contributed by atoms with Crippen LogP contribution < -0.4 is 4.90 Å². The number of fused-ring (bicyclic) bond motifs is 3. The van der Waals surface area contributed by atoms with E-state index in [4.69, 9.17) is 11.6 Å². The third-order valence-corrected chi connectivity index (χ3v) is 8.31. The average Bonchev–Trinajstić information content (AvgIpc) is 3.28. The molecule has 0 spiro atoms. The van der Waals surface area contributed by atoms with E-state index < -0.39 is 0 Å². The first-order chi connectivity index (χ1) is 18.5. The van der Waals surface area contributed by atoms with Gasteiger partial charge in [0.25, 0.3) is 0 Å². The number of halogens is 1. The van der Waals surface area contributed by atoms with Crippen LogP contribution in [0.15, 0.2) is 73.1 Å². The zero-order valence-corrected chi connectivity index (χ0v) is 22.7. The van der Waals surface area contributed by atoms with Crippen LogP contribution in [0.5, 0.6) is 0 Å². The number of aromatic nitrogens is 1. The second kappa shape index (κ2) is 12.1. The lowest BCUT2D eigenvalue weighted by molar-refractivity contribution is -0.132. The van der Waals surface area contributed by atoms with Crippen molar-refractivity contribution in [3.63, 3.8) is 0 Å². The Morgan fingerprint density at radius 1 is 0.947 bits per heavy atom. The van der Waals surface area contributed by atoms with Crippen LogP contribution in [0.25, 0.3) is 0 Å². The van der Waals surface area contributed by atoms with Crippen LogP contribution in [-0.4, -0.2) is 51.8 Å². The number of para-hydroxylation sites is 1. The molecule has 0 saturated carbocycles. The lowest BCUT2D eigenvalue weighted by Gasteiger charge is -2.34. The second-order valence-corrected chi connectivity index (χ2v) is 10.8. The fourth-order valence-corrected chi connectivity index (χ4v) is 6.16. The quantitative estimate of drug-likeness (QED) is 0.438. The summed E-state index contributed by atoms with van der Waals surface area (Å²) in [5.74, 6) is 0.143. The molecule has 1 saturated heterocycles. The maximum Gasteiger partial charge on any atom is 0.223 e. The number of amides is 2. The van der Waals surface area contributed by atoms with Crippen LogP contribution in [0.3, 0.4) is 0 Å². The first-order valence-corrected chi connectivity index (χ1v) is 13.9. The van der Waals surface area contributed by atoms with Crippen molar-refractivity contribution in [2.45, 2.75) is 64.2 Å². The molecule has 3 aromatic rings. The zero-order valence-electron chi connectivity index (χ0n) is 21.9. The third-order valence-electron chi connectivity index (χ3n) is 7.95. The number of rotatable bonds is 5. The Hall–Kier alpha value is -3.22. The lowest BCUT2D eigenvalue weighted by Crippen LogP contribution is -2.45. The molecule has 1 aromatic heterocycles. The zero-order chi connectivity index (χ0) is 26.5. The van der Waals surface area contributed by atoms with E-state index in [-0.39, 0.29) is 17.9 Å². The fourth-order valence-electron chi connectivity index (χ4n) is 5.93. The highest BCUT2D eigenvalue weighted by Crippen LogP contribution is 2.33. The Balaban J connectivity index is 1.45. The first-order valence-electron chi connectivity index (χ1n) is 13.5. The molecule has 2 amide bonds. The van der Waals surface area contributed by atoms with Crippen molar-refractivity contribution < 1.29 is 9.59 Å². The molecule has 2 unspecified atom stereocenters. The SMILES string of the molecule is CC(=O)N1CCC2CCC(CN(C(=O)CCc3ccccc3Cl)Cc3ccccc31)N2Cc1ccncc1. The first kappa shape index (κ1) is 26.4. The number of benzene rings is 2. The molecular formula is C31H35ClN4O2. The Bertz CT molecular complexity index is 1270. The highest BCUT2D eigenvalue weighted by atomic mass is 35.5. The van der Waals surface area contributed by atoms with Gasteiger partial charge < -0.3 is 9.80 Å². The largest absolute Gasteiger partial charge is 0.337 e. The monoisotopic (exact) mass is 530 g/mol. The van der Waals surface area contributed by atoms with E-state index in [9.17, 15) is 9.59 Å². The molecule has 0 aliphatic carbocycles. The van der Waals surface area contributed by atoms with E-state index in [1.165, 1.54) is 5.56 Å². The lowest BCUT2D eigenvalue weighted by atomic mass is 10.1. The summed E-state index contributed by atoms with van der Waals surface area (Å²) in [5.41, 5.74) is 4.12. The van der Waals surface area contributed by atoms with E-state index in [1.54, 1.807) is 6.92 Å². The molecule has 5 rings (SSSR count). The van der Waals surface area contributed by atoms with Gasteiger partial charge in [0.05, 0.1) is 0 Å². The van der Waals surface area contributed by atoms with Crippen LogP contribution in [0.2, 0.25) is 5.02 Å². The molecule has 2 aromatic carbocycles. The normalized spacial score (nSPS) is 20.1. The fraction of sp³-hybridized carbons (Fsp3) is 0.387. The topological polar surface area (TPSA) is 56.8 Å². The molecule has 0 N–H and O–H groups in total. The molecule has 2 bridgehead atoms. The summed E-state index contributed by atoms with van der Waals surface area (Å²) in [5, 5.41) is 0.697. The third kappa shape index (κ3) is 6.08. The number of hydrogen-bond acceptors (Lipinski definition) is 4. The average molecular weight is 531 g/mol. The van der Waals surface area contributed by atoms with Gasteiger partial charge in [0, 0.05) is 74.7 Å². The van der Waals surface area contributed by atoms with E-state index >= 15 is 0 Å². The van der Waals surface area contributed by atoms with Crippen molar-refractivity contribution >= 4 is 29.1 Å². The predicted molar refractivity (Wildman–Crippen MR) is 151 cm³/mol. The van der Waals surface area contributed by atoms with Crippen molar-refractivity contribution in [2.24, 2.45) is 0 Å². The van der Waals surface area contributed by atoms with E-state index in [0.717, 1.165) is 42.6 Å². The number of anilines is 1. The summed E-state index contributed by atoms with van der Waals surface area (Å²) < 4.78 is 0. The van der Waals surface area contributed by atoms with E-state index in [2.05, 4.69) is 22.0 Å². The Labute approximate surface area is 230 Å². The van der Waals surface area contributed by atoms with Gasteiger partial charge in [0.15, 0.2) is 0 Å². The number of pyridine rings is 1. The van der Waals surface area contributed by atoms with Crippen LogP contribution in [0.4, 0.5) is 5.69 Å². The molecule has 3 heterocycles. The van der Waals surface area contributed by atoms with Gasteiger partial charge in [-0.25, -0.2) is 0 Å². The number of nitrogens with zero attached hydrogens (tertiary/aromatic N) is 4. The van der Waals surface area contributed by atoms with Crippen molar-refractivity contribution in [1.29, 1.82) is 0 Å². The summed E-state index contributed by atoms with van der Waals surface area (Å²) in [7, 11) is 0. The van der Waals surface area contributed by atoms with Gasteiger partial charge in [-0.05, 0) is 66.6 Å². The van der Waals surface area contributed by atoms with Crippen LogP contribution in [0, 0.1) is 0 Å². The Morgan fingerprint density at radius 2 is 1.68 bits per heavy atom. The minimum Gasteiger partial charge on any atom is -0.337 e. The van der Waals surface area contributed by atoms with Gasteiger partial charge in [-0.3, -0.25) is 19.5 Å². The summed E-state index contributed by atoms with van der Waals surface area (Å²) in [6.45, 7) is 4.25. The summed E-state index contributed by atoms with van der Waals surface area (Å²) in [4.78, 5) is 37.2. The molecule has 7 heteroatoms. The minimum atomic E-state index is 0.0310. The van der Waals surface area contributed by atoms with Crippen molar-refractivity contribution in [3.05, 3.63) is 94.8 Å². The standard InChI is InChI=1S/C31H35ClN4O2/c1-23(37)35-19-16-27-11-12-28(36(27)20-24-14-17-33-18-15-24)22-34(21-26-7-3-5-9-30(26)35)31(38)13-10-25-6-2-4-8-29(25)32/h2-9,14-15,17-18,27-28H,10-13,16,19-22H2,1H3. The second-order valence-electron chi connectivity index (χ2n) is 10.4. The summed E-state index contributed by atoms with van der Waals surface area (Å²) in [6.07, 6.45) is 7.66. The molecule has 198 valence electrons. The van der Waals surface area contributed by atoms with Crippen molar-refractivity contribution in [1.82, 2.24) is 14.8 Å². The van der Waals surface area contributed by atoms with Gasteiger partial charge in [-0.15, -0.1) is 0 Å². The van der Waals surface area contributed by atoms with E-state index in [0.29, 0.717) is 43.5 Å². The minimum absolute atomic E-state index is 0.0310. The molecule has 2 aliphatic rings. The van der Waals surface area contributed by atoms with Gasteiger partial charge in [0.2, 0.25) is 11.8 Å². The van der Waals surface area contributed by atoms with Crippen LogP contribution >= 0.6 is 11.6 Å². The Morgan fingerprint density at radius 3 is 2.47 bits per heavy atom. The number of carbonyl (C=O) groups is 2. The molecule has 1 fully saturated rings. The highest BCUT2D eigenvalue weighted by Gasteiger charge is 2.36. The van der Waals surface area contributed by atoms with Gasteiger partial charge in [-0.2, -0.15) is 0 Å². The van der Waals surface area contributed by atoms with Crippen LogP contribution in [-0.2, 0) is 29.1 Å². The molecule has 2 aliphatic heterocycles. The summed E-state index contributed by atoms with van der Waals surface area (Å²) >= 11 is 6.39. The number of aryl methyl sites for hydroxylation is 1. The molecule has 2 atom stereocenters. The molecular weight excluding hydrogens is 496 g/mol. The van der Waals surface area contributed by atoms with E-state index in [1.807, 2.05) is 70.7 Å². The van der Waals surface area contributed by atoms with Crippen molar-refractivity contribution in [2.75, 3.05) is 18.0 Å². The number of hydrogen-bond donors (Lipinski definition) is 0. The van der Waals surface area contributed by atoms with Crippen molar-refractivity contribution in [3.8, 4) is 0 Å². The molecule has 0 radical (unpaired) electrons. The highest BCUT2D eigenvalue weighted by molar-refractivity contribution is 6.31. The van der Waals surface area contributed by atoms with Gasteiger partial charge in [0.1, 0.15) is 0 Å². The Kier molecular flexibility index (Phi) is 8.40. The maximum atomic E-state index is 13.8. The summed E-state index contributed by atoms with van der Waals surface area (Å²) in [6, 6.07) is 20.5. The van der Waals surface area contributed by atoms with Gasteiger partial charge >= 0.3 is 0 Å².